The number of nitrogens with one attached hydrogen (secondary N) is 3. The molecule has 0 saturated carbocycles. The number of nitrogens with zero attached hydrogens (tertiary/aromatic N) is 1. The summed E-state index contributed by atoms with van der Waals surface area (Å²) in [6.45, 7) is -0.345. The van der Waals surface area contributed by atoms with Crippen molar-refractivity contribution in [1.29, 1.82) is 0 Å². The SMILES string of the molecule is O=C1COc2ccc(cc2)C[C@@H](C(=O)N[C@@H](Cc2ccc(O)cc2)C(=O)O)CC(=O)[C@H](CCc2ccccc2)NC(=O)[C@@H](Cc2ccc(-c3ccccc3)cc2)NC(=O)[C@H](Cc2ccc(-c3ccncc3)cc2)C1. The fourth-order valence-electron chi connectivity index (χ4n) is 9.16. The van der Waals surface area contributed by atoms with E-state index in [-0.39, 0.29) is 63.1 Å². The van der Waals surface area contributed by atoms with Crippen LogP contribution in [0.25, 0.3) is 22.3 Å². The number of aryl methyl sites for hydroxylation is 1. The Hall–Kier alpha value is -8.71. The van der Waals surface area contributed by atoms with Crippen LogP contribution in [0.3, 0.4) is 0 Å². The van der Waals surface area contributed by atoms with Gasteiger partial charge in [0.2, 0.25) is 17.7 Å². The number of hydrogen-bond donors (Lipinski definition) is 5. The van der Waals surface area contributed by atoms with Crippen molar-refractivity contribution in [2.45, 2.75) is 69.5 Å². The number of hydrogen-bond acceptors (Lipinski definition) is 9. The summed E-state index contributed by atoms with van der Waals surface area (Å²) in [5, 5.41) is 28.7. The standard InChI is InChI=1S/C61H58N4O9/c66-51-24-15-44(16-25-51)36-56(61(72)73)65-59(70)50-34-42-17-26-53(27-18-42)74-39-52(67)37-49(33-41-11-20-47(21-12-41)48-29-31-62-32-30-48)58(69)64-55(35-43-13-22-46(23-14-43)45-9-5-2-6-10-45)60(71)63-54(57(68)38-50)28-19-40-7-3-1-4-8-40/h1-18,20-27,29-32,49-50,54-56,66H,19,28,33-39H2,(H,63,71)(H,64,69)(H,65,70)(H,72,73)/t49-,50-,54+,55-,56+/m1/s1. The van der Waals surface area contributed by atoms with Gasteiger partial charge in [-0.15, -0.1) is 0 Å². The first-order valence-corrected chi connectivity index (χ1v) is 24.8. The molecule has 2 bridgehead atoms. The normalized spacial score (nSPS) is 18.1. The number of aromatic nitrogens is 1. The summed E-state index contributed by atoms with van der Waals surface area (Å²) in [5.74, 6) is -5.61. The Morgan fingerprint density at radius 3 is 1.80 bits per heavy atom. The molecule has 0 saturated heterocycles. The van der Waals surface area contributed by atoms with Crippen LogP contribution in [0.5, 0.6) is 11.5 Å². The number of rotatable bonds is 14. The van der Waals surface area contributed by atoms with Crippen LogP contribution in [0, 0.1) is 11.8 Å². The van der Waals surface area contributed by atoms with Crippen molar-refractivity contribution >= 4 is 35.3 Å². The molecule has 1 aromatic heterocycles. The number of phenols is 1. The molecule has 5 atom stereocenters. The third kappa shape index (κ3) is 14.7. The molecule has 5 N–H and O–H groups in total. The van der Waals surface area contributed by atoms with E-state index in [9.17, 15) is 39.0 Å². The minimum absolute atomic E-state index is 0.00261. The van der Waals surface area contributed by atoms with Gasteiger partial charge in [-0.1, -0.05) is 133 Å². The van der Waals surface area contributed by atoms with Crippen molar-refractivity contribution in [3.05, 3.63) is 210 Å². The summed E-state index contributed by atoms with van der Waals surface area (Å²) in [6.07, 6.45) is 3.51. The zero-order chi connectivity index (χ0) is 51.8. The number of pyridine rings is 1. The number of amides is 3. The van der Waals surface area contributed by atoms with Gasteiger partial charge in [0, 0.05) is 49.9 Å². The number of fused-ring (bicyclic) bond motifs is 16. The van der Waals surface area contributed by atoms with Gasteiger partial charge < -0.3 is 30.9 Å². The third-order valence-corrected chi connectivity index (χ3v) is 13.3. The van der Waals surface area contributed by atoms with Crippen LogP contribution in [0.1, 0.15) is 47.1 Å². The van der Waals surface area contributed by atoms with Crippen LogP contribution in [0.2, 0.25) is 0 Å². The van der Waals surface area contributed by atoms with Crippen molar-refractivity contribution in [3.63, 3.8) is 0 Å². The highest BCUT2D eigenvalue weighted by Gasteiger charge is 2.34. The van der Waals surface area contributed by atoms with Gasteiger partial charge in [0.1, 0.15) is 30.2 Å². The van der Waals surface area contributed by atoms with Gasteiger partial charge >= 0.3 is 5.97 Å². The monoisotopic (exact) mass is 990 g/mol. The Morgan fingerprint density at radius 1 is 0.595 bits per heavy atom. The van der Waals surface area contributed by atoms with Crippen LogP contribution < -0.4 is 20.7 Å². The van der Waals surface area contributed by atoms with Crippen molar-refractivity contribution in [1.82, 2.24) is 20.9 Å². The summed E-state index contributed by atoms with van der Waals surface area (Å²) >= 11 is 0. The number of carbonyl (C=O) groups excluding carboxylic acids is 5. The number of ketones is 2. The summed E-state index contributed by atoms with van der Waals surface area (Å²) in [5.41, 5.74) is 7.49. The maximum Gasteiger partial charge on any atom is 0.326 e. The second-order valence-corrected chi connectivity index (χ2v) is 18.8. The number of aliphatic carboxylic acids is 1. The quantitative estimate of drug-likeness (QED) is 0.0709. The minimum Gasteiger partial charge on any atom is -0.508 e. The first-order chi connectivity index (χ1) is 35.9. The smallest absolute Gasteiger partial charge is 0.326 e. The number of phenolic OH excluding ortho intramolecular Hbond substituents is 1. The van der Waals surface area contributed by atoms with E-state index in [0.29, 0.717) is 23.3 Å². The second kappa shape index (κ2) is 25.1. The van der Waals surface area contributed by atoms with Crippen LogP contribution in [0.15, 0.2) is 182 Å². The molecule has 376 valence electrons. The molecule has 3 heterocycles. The van der Waals surface area contributed by atoms with E-state index in [1.807, 2.05) is 121 Å². The Labute approximate surface area is 430 Å². The maximum atomic E-state index is 14.9. The van der Waals surface area contributed by atoms with Gasteiger partial charge in [-0.25, -0.2) is 4.79 Å². The molecule has 74 heavy (non-hydrogen) atoms. The maximum absolute atomic E-state index is 14.9. The number of ether oxygens (including phenoxy) is 1. The largest absolute Gasteiger partial charge is 0.508 e. The molecule has 0 radical (unpaired) electrons. The van der Waals surface area contributed by atoms with Gasteiger partial charge in [-0.2, -0.15) is 0 Å². The first kappa shape index (κ1) is 51.6. The summed E-state index contributed by atoms with van der Waals surface area (Å²) < 4.78 is 5.94. The Morgan fingerprint density at radius 2 is 1.16 bits per heavy atom. The molecule has 13 nitrogen and oxygen atoms in total. The highest BCUT2D eigenvalue weighted by Crippen LogP contribution is 2.25. The molecule has 0 fully saturated rings. The average molecular weight is 991 g/mol. The summed E-state index contributed by atoms with van der Waals surface area (Å²) in [6, 6.07) is 47.4. The van der Waals surface area contributed by atoms with E-state index in [0.717, 1.165) is 38.9 Å². The van der Waals surface area contributed by atoms with Gasteiger partial charge in [-0.05, 0) is 112 Å². The number of aromatic hydroxyl groups is 1. The molecular formula is C61H58N4O9. The highest BCUT2D eigenvalue weighted by atomic mass is 16.5. The predicted octanol–water partition coefficient (Wildman–Crippen LogP) is 8.11. The lowest BCUT2D eigenvalue weighted by atomic mass is 9.89. The van der Waals surface area contributed by atoms with Crippen LogP contribution >= 0.6 is 0 Å². The molecule has 0 unspecified atom stereocenters. The predicted molar refractivity (Wildman–Crippen MR) is 281 cm³/mol. The van der Waals surface area contributed by atoms with Crippen LogP contribution in [-0.4, -0.2) is 75.2 Å². The molecule has 6 aromatic carbocycles. The number of benzene rings is 6. The highest BCUT2D eigenvalue weighted by molar-refractivity contribution is 5.96. The van der Waals surface area contributed by atoms with Crippen molar-refractivity contribution < 1.29 is 43.7 Å². The fraction of sp³-hybridized carbons (Fsp3) is 0.230. The summed E-state index contributed by atoms with van der Waals surface area (Å²) in [7, 11) is 0. The van der Waals surface area contributed by atoms with Gasteiger partial charge in [0.25, 0.3) is 0 Å². The van der Waals surface area contributed by atoms with Crippen molar-refractivity contribution in [3.8, 4) is 33.8 Å². The van der Waals surface area contributed by atoms with E-state index >= 15 is 0 Å². The zero-order valence-electron chi connectivity index (χ0n) is 40.8. The molecular weight excluding hydrogens is 933 g/mol. The minimum atomic E-state index is -1.37. The Balaban J connectivity index is 1.12. The molecule has 13 heteroatoms. The Bertz CT molecular complexity index is 3010. The molecule has 2 aliphatic rings. The van der Waals surface area contributed by atoms with E-state index < -0.39 is 59.4 Å². The lowest BCUT2D eigenvalue weighted by Gasteiger charge is -2.26. The molecule has 2 aliphatic heterocycles. The fourth-order valence-corrected chi connectivity index (χ4v) is 9.16. The summed E-state index contributed by atoms with van der Waals surface area (Å²) in [4.78, 5) is 89.4. The van der Waals surface area contributed by atoms with E-state index in [1.165, 1.54) is 12.1 Å². The van der Waals surface area contributed by atoms with Gasteiger partial charge in [0.15, 0.2) is 11.6 Å². The number of carbonyl (C=O) groups is 6. The third-order valence-electron chi connectivity index (χ3n) is 13.3. The van der Waals surface area contributed by atoms with E-state index in [1.54, 1.807) is 48.8 Å². The Kier molecular flexibility index (Phi) is 17.5. The molecule has 7 aromatic rings. The number of carboxylic acids is 1. The number of carboxylic acid groups (broad SMARTS) is 1. The second-order valence-electron chi connectivity index (χ2n) is 18.8. The van der Waals surface area contributed by atoms with Crippen molar-refractivity contribution in [2.24, 2.45) is 11.8 Å². The lowest BCUT2D eigenvalue weighted by molar-refractivity contribution is -0.142. The molecule has 0 aliphatic carbocycles. The zero-order valence-corrected chi connectivity index (χ0v) is 40.8. The number of Topliss-reactive ketones (excluding diaryl/α,β-unsaturated/α-hetero) is 2. The van der Waals surface area contributed by atoms with Crippen molar-refractivity contribution in [2.75, 3.05) is 6.61 Å². The van der Waals surface area contributed by atoms with Crippen LogP contribution in [-0.2, 0) is 60.9 Å². The molecule has 3 amide bonds. The molecule has 9 rings (SSSR count). The van der Waals surface area contributed by atoms with Gasteiger partial charge in [0.05, 0.1) is 6.04 Å². The topological polar surface area (TPSA) is 201 Å². The van der Waals surface area contributed by atoms with E-state index in [4.69, 9.17) is 4.74 Å². The molecule has 0 spiro atoms. The van der Waals surface area contributed by atoms with Gasteiger partial charge in [-0.3, -0.25) is 29.0 Å². The van der Waals surface area contributed by atoms with E-state index in [2.05, 4.69) is 20.9 Å². The van der Waals surface area contributed by atoms with Crippen LogP contribution in [0.4, 0.5) is 0 Å². The average Bonchev–Trinajstić information content (AvgIpc) is 3.42. The lowest BCUT2D eigenvalue weighted by Crippen LogP contribution is -2.54. The first-order valence-electron chi connectivity index (χ1n) is 24.8.